The van der Waals surface area contributed by atoms with Crippen LogP contribution in [0.15, 0.2) is 42.6 Å². The van der Waals surface area contributed by atoms with Crippen molar-refractivity contribution >= 4 is 11.6 Å². The number of pyridine rings is 1. The van der Waals surface area contributed by atoms with Gasteiger partial charge in [-0.25, -0.2) is 9.37 Å². The van der Waals surface area contributed by atoms with Crippen molar-refractivity contribution in [2.45, 2.75) is 12.5 Å². The highest BCUT2D eigenvalue weighted by Crippen LogP contribution is 2.21. The van der Waals surface area contributed by atoms with Gasteiger partial charge < -0.3 is 19.3 Å². The third-order valence-corrected chi connectivity index (χ3v) is 4.92. The second kappa shape index (κ2) is 7.92. The minimum absolute atomic E-state index is 0.0329. The minimum Gasteiger partial charge on any atom is -0.472 e. The van der Waals surface area contributed by atoms with Gasteiger partial charge in [0.2, 0.25) is 5.88 Å². The second-order valence-corrected chi connectivity index (χ2v) is 6.72. The molecule has 1 aromatic carbocycles. The van der Waals surface area contributed by atoms with E-state index < -0.39 is 0 Å². The Morgan fingerprint density at radius 3 is 2.63 bits per heavy atom. The molecule has 2 aliphatic rings. The third-order valence-electron chi connectivity index (χ3n) is 4.92. The highest BCUT2D eigenvalue weighted by molar-refractivity contribution is 5.94. The summed E-state index contributed by atoms with van der Waals surface area (Å²) in [6.07, 6.45) is 2.44. The molecule has 1 atom stereocenters. The maximum atomic E-state index is 13.9. The SMILES string of the molecule is O=C(c1ccc(O[C@H]2CCOC2)nc1)N1CCN(c2ccccc2F)CC1. The van der Waals surface area contributed by atoms with Gasteiger partial charge in [-0.1, -0.05) is 12.1 Å². The van der Waals surface area contributed by atoms with Gasteiger partial charge in [-0.15, -0.1) is 0 Å². The van der Waals surface area contributed by atoms with E-state index in [1.54, 1.807) is 35.4 Å². The molecular weight excluding hydrogens is 349 g/mol. The van der Waals surface area contributed by atoms with Crippen molar-refractivity contribution < 1.29 is 18.7 Å². The van der Waals surface area contributed by atoms with Crippen LogP contribution >= 0.6 is 0 Å². The maximum Gasteiger partial charge on any atom is 0.255 e. The van der Waals surface area contributed by atoms with Crippen molar-refractivity contribution in [1.82, 2.24) is 9.88 Å². The Balaban J connectivity index is 1.34. The van der Waals surface area contributed by atoms with Crippen molar-refractivity contribution in [3.05, 3.63) is 54.0 Å². The van der Waals surface area contributed by atoms with Crippen molar-refractivity contribution in [3.63, 3.8) is 0 Å². The Hall–Kier alpha value is -2.67. The number of hydrogen-bond donors (Lipinski definition) is 0. The molecule has 7 heteroatoms. The average molecular weight is 371 g/mol. The third kappa shape index (κ3) is 4.03. The van der Waals surface area contributed by atoms with Crippen molar-refractivity contribution in [2.75, 3.05) is 44.3 Å². The summed E-state index contributed by atoms with van der Waals surface area (Å²) < 4.78 is 24.9. The van der Waals surface area contributed by atoms with Gasteiger partial charge in [-0.2, -0.15) is 0 Å². The summed E-state index contributed by atoms with van der Waals surface area (Å²) in [4.78, 5) is 20.7. The van der Waals surface area contributed by atoms with Gasteiger partial charge in [-0.05, 0) is 18.2 Å². The summed E-state index contributed by atoms with van der Waals surface area (Å²) >= 11 is 0. The van der Waals surface area contributed by atoms with E-state index in [9.17, 15) is 9.18 Å². The largest absolute Gasteiger partial charge is 0.472 e. The zero-order valence-corrected chi connectivity index (χ0v) is 15.0. The number of anilines is 1. The molecule has 0 aliphatic carbocycles. The molecule has 2 aromatic rings. The minimum atomic E-state index is -0.232. The molecule has 27 heavy (non-hydrogen) atoms. The Labute approximate surface area is 157 Å². The normalized spacial score (nSPS) is 20.0. The molecule has 0 saturated carbocycles. The molecule has 0 spiro atoms. The van der Waals surface area contributed by atoms with Crippen LogP contribution in [0.2, 0.25) is 0 Å². The quantitative estimate of drug-likeness (QED) is 0.826. The molecule has 2 aliphatic heterocycles. The number of amides is 1. The fraction of sp³-hybridized carbons (Fsp3) is 0.400. The van der Waals surface area contributed by atoms with Gasteiger partial charge in [0.1, 0.15) is 11.9 Å². The molecular formula is C20H22FN3O3. The number of para-hydroxylation sites is 1. The topological polar surface area (TPSA) is 54.9 Å². The monoisotopic (exact) mass is 371 g/mol. The van der Waals surface area contributed by atoms with E-state index in [-0.39, 0.29) is 17.8 Å². The van der Waals surface area contributed by atoms with Gasteiger partial charge in [0, 0.05) is 44.9 Å². The van der Waals surface area contributed by atoms with E-state index in [0.717, 1.165) is 6.42 Å². The molecule has 0 N–H and O–H groups in total. The van der Waals surface area contributed by atoms with Gasteiger partial charge in [0.05, 0.1) is 24.5 Å². The van der Waals surface area contributed by atoms with Crippen LogP contribution in [0, 0.1) is 5.82 Å². The molecule has 0 radical (unpaired) electrons. The number of carbonyl (C=O) groups excluding carboxylic acids is 1. The van der Waals surface area contributed by atoms with Gasteiger partial charge in [0.15, 0.2) is 0 Å². The lowest BCUT2D eigenvalue weighted by molar-refractivity contribution is 0.0746. The predicted molar refractivity (Wildman–Crippen MR) is 98.6 cm³/mol. The number of nitrogens with zero attached hydrogens (tertiary/aromatic N) is 3. The maximum absolute atomic E-state index is 13.9. The summed E-state index contributed by atoms with van der Waals surface area (Å²) in [6, 6.07) is 10.2. The highest BCUT2D eigenvalue weighted by atomic mass is 19.1. The Kier molecular flexibility index (Phi) is 5.20. The van der Waals surface area contributed by atoms with Crippen LogP contribution in [0.4, 0.5) is 10.1 Å². The fourth-order valence-electron chi connectivity index (χ4n) is 3.39. The van der Waals surface area contributed by atoms with Crippen molar-refractivity contribution in [2.24, 2.45) is 0 Å². The van der Waals surface area contributed by atoms with Gasteiger partial charge >= 0.3 is 0 Å². The van der Waals surface area contributed by atoms with Crippen LogP contribution in [0.25, 0.3) is 0 Å². The number of hydrogen-bond acceptors (Lipinski definition) is 5. The first kappa shape index (κ1) is 17.7. The van der Waals surface area contributed by atoms with E-state index in [0.29, 0.717) is 56.5 Å². The smallest absolute Gasteiger partial charge is 0.255 e. The number of ether oxygens (including phenoxy) is 2. The van der Waals surface area contributed by atoms with Gasteiger partial charge in [0.25, 0.3) is 5.91 Å². The van der Waals surface area contributed by atoms with E-state index in [1.165, 1.54) is 6.07 Å². The first-order valence-corrected chi connectivity index (χ1v) is 9.20. The fourth-order valence-corrected chi connectivity index (χ4v) is 3.39. The number of halogens is 1. The molecule has 142 valence electrons. The van der Waals surface area contributed by atoms with Crippen molar-refractivity contribution in [3.8, 4) is 5.88 Å². The Morgan fingerprint density at radius 1 is 1.15 bits per heavy atom. The van der Waals surface area contributed by atoms with Crippen LogP contribution < -0.4 is 9.64 Å². The van der Waals surface area contributed by atoms with E-state index in [4.69, 9.17) is 9.47 Å². The summed E-state index contributed by atoms with van der Waals surface area (Å²) in [7, 11) is 0. The number of carbonyl (C=O) groups is 1. The summed E-state index contributed by atoms with van der Waals surface area (Å²) in [5.74, 6) is 0.211. The van der Waals surface area contributed by atoms with Crippen molar-refractivity contribution in [1.29, 1.82) is 0 Å². The highest BCUT2D eigenvalue weighted by Gasteiger charge is 2.24. The molecule has 2 fully saturated rings. The first-order valence-electron chi connectivity index (χ1n) is 9.20. The summed E-state index contributed by atoms with van der Waals surface area (Å²) in [5, 5.41) is 0. The zero-order valence-electron chi connectivity index (χ0n) is 15.0. The predicted octanol–water partition coefficient (Wildman–Crippen LogP) is 2.35. The molecule has 2 saturated heterocycles. The van der Waals surface area contributed by atoms with E-state index in [1.807, 2.05) is 11.0 Å². The number of aromatic nitrogens is 1. The molecule has 0 unspecified atom stereocenters. The number of benzene rings is 1. The molecule has 1 aromatic heterocycles. The lowest BCUT2D eigenvalue weighted by Crippen LogP contribution is -2.49. The molecule has 0 bridgehead atoms. The molecule has 4 rings (SSSR count). The van der Waals surface area contributed by atoms with Gasteiger partial charge in [-0.3, -0.25) is 4.79 Å². The summed E-state index contributed by atoms with van der Waals surface area (Å²) in [6.45, 7) is 3.58. The zero-order chi connectivity index (χ0) is 18.6. The Bertz CT molecular complexity index is 785. The first-order chi connectivity index (χ1) is 13.2. The van der Waals surface area contributed by atoms with E-state index in [2.05, 4.69) is 4.98 Å². The lowest BCUT2D eigenvalue weighted by atomic mass is 10.2. The Morgan fingerprint density at radius 2 is 1.96 bits per heavy atom. The van der Waals surface area contributed by atoms with E-state index >= 15 is 0 Å². The number of piperazine rings is 1. The standard InChI is InChI=1S/C20H22FN3O3/c21-17-3-1-2-4-18(17)23-8-10-24(11-9-23)20(25)15-5-6-19(22-13-15)27-16-7-12-26-14-16/h1-6,13,16H,7-12,14H2/t16-/m0/s1. The molecule has 1 amide bonds. The van der Waals surface area contributed by atoms with Crippen LogP contribution in [0.5, 0.6) is 5.88 Å². The van der Waals surface area contributed by atoms with Crippen LogP contribution in [-0.2, 0) is 4.74 Å². The average Bonchev–Trinajstić information content (AvgIpc) is 3.22. The number of rotatable bonds is 4. The lowest BCUT2D eigenvalue weighted by Gasteiger charge is -2.36. The summed E-state index contributed by atoms with van der Waals surface area (Å²) in [5.41, 5.74) is 1.12. The molecule has 3 heterocycles. The second-order valence-electron chi connectivity index (χ2n) is 6.72. The van der Waals surface area contributed by atoms with Crippen LogP contribution in [0.1, 0.15) is 16.8 Å². The van der Waals surface area contributed by atoms with Crippen LogP contribution in [0.3, 0.4) is 0 Å². The van der Waals surface area contributed by atoms with Crippen LogP contribution in [-0.4, -0.2) is 61.3 Å². The molecule has 6 nitrogen and oxygen atoms in total.